The molecule has 110 valence electrons. The van der Waals surface area contributed by atoms with Gasteiger partial charge in [0.2, 0.25) is 5.91 Å². The number of hydrogen-bond acceptors (Lipinski definition) is 5. The Bertz CT molecular complexity index is 445. The van der Waals surface area contributed by atoms with Crippen LogP contribution in [0, 0.1) is 0 Å². The minimum Gasteiger partial charge on any atom is -0.477 e. The molecule has 1 aliphatic carbocycles. The van der Waals surface area contributed by atoms with Crippen LogP contribution >= 0.6 is 0 Å². The third-order valence-electron chi connectivity index (χ3n) is 3.47. The number of hydrogen-bond donors (Lipinski definition) is 1. The van der Waals surface area contributed by atoms with Crippen LogP contribution in [0.25, 0.3) is 0 Å². The molecule has 0 spiro atoms. The fraction of sp³-hybridized carbons (Fsp3) is 0.643. The molecule has 0 bridgehead atoms. The molecule has 1 aromatic rings. The summed E-state index contributed by atoms with van der Waals surface area (Å²) in [5, 5.41) is 3.03. The zero-order valence-electron chi connectivity index (χ0n) is 12.0. The number of nitrogens with zero attached hydrogens (tertiary/aromatic N) is 2. The summed E-state index contributed by atoms with van der Waals surface area (Å²) in [5.41, 5.74) is 0. The van der Waals surface area contributed by atoms with Gasteiger partial charge in [-0.15, -0.1) is 0 Å². The van der Waals surface area contributed by atoms with Gasteiger partial charge in [-0.3, -0.25) is 4.79 Å². The Morgan fingerprint density at radius 3 is 2.50 bits per heavy atom. The Morgan fingerprint density at radius 1 is 1.25 bits per heavy atom. The lowest BCUT2D eigenvalue weighted by atomic mass is 9.93. The second-order valence-corrected chi connectivity index (χ2v) is 4.88. The molecule has 1 fully saturated rings. The summed E-state index contributed by atoms with van der Waals surface area (Å²) in [7, 11) is 1.55. The zero-order valence-corrected chi connectivity index (χ0v) is 12.0. The van der Waals surface area contributed by atoms with Crippen molar-refractivity contribution in [3.8, 4) is 11.8 Å². The van der Waals surface area contributed by atoms with Crippen molar-refractivity contribution in [3.05, 3.63) is 12.4 Å². The molecule has 0 aliphatic heterocycles. The lowest BCUT2D eigenvalue weighted by Crippen LogP contribution is -2.39. The van der Waals surface area contributed by atoms with Gasteiger partial charge in [0.25, 0.3) is 11.8 Å². The molecule has 6 heteroatoms. The van der Waals surface area contributed by atoms with Gasteiger partial charge in [-0.25, -0.2) is 9.97 Å². The summed E-state index contributed by atoms with van der Waals surface area (Å²) in [6.45, 7) is 1.87. The van der Waals surface area contributed by atoms with Crippen LogP contribution in [0.4, 0.5) is 0 Å². The van der Waals surface area contributed by atoms with Gasteiger partial charge in [0, 0.05) is 24.9 Å². The molecule has 20 heavy (non-hydrogen) atoms. The second-order valence-electron chi connectivity index (χ2n) is 4.88. The van der Waals surface area contributed by atoms with Gasteiger partial charge in [0.15, 0.2) is 0 Å². The van der Waals surface area contributed by atoms with Gasteiger partial charge in [0.05, 0.1) is 7.11 Å². The highest BCUT2D eigenvalue weighted by atomic mass is 16.5. The molecule has 6 nitrogen and oxygen atoms in total. The number of methoxy groups -OCH3 is 1. The first-order chi connectivity index (χ1) is 9.72. The van der Waals surface area contributed by atoms with Gasteiger partial charge in [-0.2, -0.15) is 0 Å². The molecular formula is C14H21N3O3. The molecule has 1 aliphatic rings. The first-order valence-corrected chi connectivity index (χ1v) is 7.04. The lowest BCUT2D eigenvalue weighted by molar-refractivity contribution is -0.121. The van der Waals surface area contributed by atoms with E-state index < -0.39 is 0 Å². The fourth-order valence-corrected chi connectivity index (χ4v) is 2.35. The highest BCUT2D eigenvalue weighted by Crippen LogP contribution is 2.27. The molecular weight excluding hydrogens is 258 g/mol. The molecule has 0 atom stereocenters. The van der Waals surface area contributed by atoms with Crippen LogP contribution in [0.3, 0.4) is 0 Å². The number of nitrogens with one attached hydrogen (secondary N) is 1. The minimum absolute atomic E-state index is 0.107. The minimum atomic E-state index is 0.107. The van der Waals surface area contributed by atoms with Crippen LogP contribution in [0.15, 0.2) is 12.4 Å². The summed E-state index contributed by atoms with van der Waals surface area (Å²) in [6, 6.07) is 0.269. The molecule has 0 saturated heterocycles. The average molecular weight is 279 g/mol. The fourth-order valence-electron chi connectivity index (χ4n) is 2.35. The van der Waals surface area contributed by atoms with Gasteiger partial charge in [-0.1, -0.05) is 6.92 Å². The predicted molar refractivity (Wildman–Crippen MR) is 73.7 cm³/mol. The molecule has 1 saturated carbocycles. The van der Waals surface area contributed by atoms with Gasteiger partial charge in [0.1, 0.15) is 6.10 Å². The quantitative estimate of drug-likeness (QED) is 0.888. The molecule has 1 amide bonds. The summed E-state index contributed by atoms with van der Waals surface area (Å²) in [5.74, 6) is 0.968. The normalized spacial score (nSPS) is 22.1. The Kier molecular flexibility index (Phi) is 5.15. The molecule has 1 aromatic heterocycles. The van der Waals surface area contributed by atoms with Crippen molar-refractivity contribution in [2.24, 2.45) is 0 Å². The highest BCUT2D eigenvalue weighted by molar-refractivity contribution is 5.75. The number of carbonyl (C=O) groups is 1. The monoisotopic (exact) mass is 279 g/mol. The van der Waals surface area contributed by atoms with Crippen molar-refractivity contribution in [2.75, 3.05) is 7.11 Å². The summed E-state index contributed by atoms with van der Waals surface area (Å²) >= 11 is 0. The van der Waals surface area contributed by atoms with E-state index in [2.05, 4.69) is 15.3 Å². The standard InChI is InChI=1S/C14H21N3O3/c1-3-12(18)17-10-4-6-11(7-5-10)20-14-13(19-2)15-8-9-16-14/h8-11H,3-7H2,1-2H3,(H,17,18). The SMILES string of the molecule is CCC(=O)NC1CCC(Oc2nccnc2OC)CC1. The van der Waals surface area contributed by atoms with Crippen LogP contribution in [0.2, 0.25) is 0 Å². The summed E-state index contributed by atoms with van der Waals surface area (Å²) in [6.07, 6.45) is 7.46. The number of carbonyl (C=O) groups excluding carboxylic acids is 1. The maximum absolute atomic E-state index is 11.4. The van der Waals surface area contributed by atoms with E-state index in [1.54, 1.807) is 19.5 Å². The van der Waals surface area contributed by atoms with Crippen LogP contribution in [0.1, 0.15) is 39.0 Å². The molecule has 0 aromatic carbocycles. The van der Waals surface area contributed by atoms with E-state index in [4.69, 9.17) is 9.47 Å². The second kappa shape index (κ2) is 7.07. The number of amides is 1. The smallest absolute Gasteiger partial charge is 0.278 e. The van der Waals surface area contributed by atoms with Crippen molar-refractivity contribution >= 4 is 5.91 Å². The van der Waals surface area contributed by atoms with Crippen molar-refractivity contribution in [3.63, 3.8) is 0 Å². The van der Waals surface area contributed by atoms with Crippen LogP contribution in [-0.4, -0.2) is 35.1 Å². The summed E-state index contributed by atoms with van der Waals surface area (Å²) < 4.78 is 11.0. The van der Waals surface area contributed by atoms with Crippen molar-refractivity contribution in [1.82, 2.24) is 15.3 Å². The van der Waals surface area contributed by atoms with E-state index in [0.717, 1.165) is 25.7 Å². The van der Waals surface area contributed by atoms with Gasteiger partial charge in [-0.05, 0) is 25.7 Å². The summed E-state index contributed by atoms with van der Waals surface area (Å²) in [4.78, 5) is 19.6. The van der Waals surface area contributed by atoms with Crippen molar-refractivity contribution < 1.29 is 14.3 Å². The molecule has 0 radical (unpaired) electrons. The number of rotatable bonds is 5. The average Bonchev–Trinajstić information content (AvgIpc) is 2.49. The lowest BCUT2D eigenvalue weighted by Gasteiger charge is -2.29. The Morgan fingerprint density at radius 2 is 1.90 bits per heavy atom. The molecule has 1 heterocycles. The molecule has 0 unspecified atom stereocenters. The maximum atomic E-state index is 11.4. The van der Waals surface area contributed by atoms with E-state index in [1.165, 1.54) is 0 Å². The first-order valence-electron chi connectivity index (χ1n) is 7.04. The van der Waals surface area contributed by atoms with Crippen LogP contribution in [0.5, 0.6) is 11.8 Å². The van der Waals surface area contributed by atoms with Crippen molar-refractivity contribution in [1.29, 1.82) is 0 Å². The Hall–Kier alpha value is -1.85. The largest absolute Gasteiger partial charge is 0.477 e. The topological polar surface area (TPSA) is 73.3 Å². The van der Waals surface area contributed by atoms with Gasteiger partial charge < -0.3 is 14.8 Å². The van der Waals surface area contributed by atoms with E-state index in [9.17, 15) is 4.79 Å². The van der Waals surface area contributed by atoms with Gasteiger partial charge >= 0.3 is 0 Å². The highest BCUT2D eigenvalue weighted by Gasteiger charge is 2.24. The van der Waals surface area contributed by atoms with Crippen LogP contribution in [-0.2, 0) is 4.79 Å². The third-order valence-corrected chi connectivity index (χ3v) is 3.47. The van der Waals surface area contributed by atoms with E-state index >= 15 is 0 Å². The van der Waals surface area contributed by atoms with Crippen LogP contribution < -0.4 is 14.8 Å². The molecule has 1 N–H and O–H groups in total. The van der Waals surface area contributed by atoms with E-state index in [0.29, 0.717) is 18.2 Å². The third kappa shape index (κ3) is 3.82. The maximum Gasteiger partial charge on any atom is 0.278 e. The Balaban J connectivity index is 1.84. The first kappa shape index (κ1) is 14.6. The Labute approximate surface area is 118 Å². The van der Waals surface area contributed by atoms with Crippen molar-refractivity contribution in [2.45, 2.75) is 51.2 Å². The van der Waals surface area contributed by atoms with E-state index in [-0.39, 0.29) is 18.1 Å². The van der Waals surface area contributed by atoms with E-state index in [1.807, 2.05) is 6.92 Å². The predicted octanol–water partition coefficient (Wildman–Crippen LogP) is 1.70. The number of ether oxygens (including phenoxy) is 2. The zero-order chi connectivity index (χ0) is 14.4. The molecule has 2 rings (SSSR count). The number of aromatic nitrogens is 2.